The molecule has 0 aliphatic carbocycles. The largest absolute Gasteiger partial charge is 0.493 e. The van der Waals surface area contributed by atoms with Gasteiger partial charge in [0.25, 0.3) is 0 Å². The fourth-order valence-corrected chi connectivity index (χ4v) is 5.22. The molecule has 0 spiro atoms. The van der Waals surface area contributed by atoms with E-state index < -0.39 is 57.5 Å². The molecule has 3 rings (SSSR count). The maximum atomic E-state index is 13.6. The van der Waals surface area contributed by atoms with Gasteiger partial charge in [0, 0.05) is 24.2 Å². The summed E-state index contributed by atoms with van der Waals surface area (Å²) in [5, 5.41) is 5.13. The number of nitrogens with zero attached hydrogens (tertiary/aromatic N) is 2. The third kappa shape index (κ3) is 6.36. The summed E-state index contributed by atoms with van der Waals surface area (Å²) in [6.07, 6.45) is -6.32. The fourth-order valence-electron chi connectivity index (χ4n) is 4.61. The molecule has 11 nitrogen and oxygen atoms in total. The summed E-state index contributed by atoms with van der Waals surface area (Å²) in [4.78, 5) is 27.7. The van der Waals surface area contributed by atoms with E-state index in [1.807, 2.05) is 0 Å². The molecule has 2 aromatic carbocycles. The zero-order valence-corrected chi connectivity index (χ0v) is 23.3. The Labute approximate surface area is 229 Å². The second-order valence-corrected chi connectivity index (χ2v) is 10.5. The van der Waals surface area contributed by atoms with Crippen molar-refractivity contribution in [2.75, 3.05) is 32.8 Å². The second-order valence-electron chi connectivity index (χ2n) is 8.94. The van der Waals surface area contributed by atoms with Crippen molar-refractivity contribution < 1.29 is 50.1 Å². The highest BCUT2D eigenvalue weighted by molar-refractivity contribution is 7.89. The van der Waals surface area contributed by atoms with Crippen LogP contribution >= 0.6 is 0 Å². The molecular weight excluding hydrogens is 559 g/mol. The number of rotatable bonds is 7. The Bertz CT molecular complexity index is 1380. The van der Waals surface area contributed by atoms with E-state index in [2.05, 4.69) is 0 Å². The van der Waals surface area contributed by atoms with Crippen molar-refractivity contribution in [1.82, 2.24) is 4.90 Å². The summed E-state index contributed by atoms with van der Waals surface area (Å²) >= 11 is 0. The van der Waals surface area contributed by atoms with Crippen LogP contribution < -0.4 is 19.5 Å². The number of primary sulfonamides is 1. The lowest BCUT2D eigenvalue weighted by Gasteiger charge is -2.42. The number of hydrogen-bond acceptors (Lipinski definition) is 8. The van der Waals surface area contributed by atoms with Crippen molar-refractivity contribution in [3.05, 3.63) is 47.0 Å². The Kier molecular flexibility index (Phi) is 9.09. The van der Waals surface area contributed by atoms with Crippen molar-refractivity contribution in [3.8, 4) is 11.5 Å². The Morgan fingerprint density at radius 2 is 1.70 bits per heavy atom. The minimum atomic E-state index is -4.89. The van der Waals surface area contributed by atoms with Crippen molar-refractivity contribution in [2.45, 2.75) is 50.0 Å². The van der Waals surface area contributed by atoms with Gasteiger partial charge in [-0.25, -0.2) is 23.1 Å². The molecule has 1 heterocycles. The number of hydrogen-bond donors (Lipinski definition) is 1. The van der Waals surface area contributed by atoms with Crippen molar-refractivity contribution in [2.24, 2.45) is 5.14 Å². The van der Waals surface area contributed by atoms with Crippen LogP contribution in [0.4, 0.5) is 28.4 Å². The lowest BCUT2D eigenvalue weighted by Crippen LogP contribution is -2.47. The summed E-state index contributed by atoms with van der Waals surface area (Å²) in [6.45, 7) is 2.98. The quantitative estimate of drug-likeness (QED) is 0.501. The number of sulfonamides is 1. The predicted molar refractivity (Wildman–Crippen MR) is 137 cm³/mol. The molecule has 1 aliphatic heterocycles. The molecule has 2 unspecified atom stereocenters. The Morgan fingerprint density at radius 1 is 1.07 bits per heavy atom. The van der Waals surface area contributed by atoms with Crippen LogP contribution in [-0.4, -0.2) is 59.5 Å². The Balaban J connectivity index is 2.22. The zero-order chi connectivity index (χ0) is 30.0. The molecule has 0 saturated carbocycles. The number of alkyl halides is 3. The molecule has 0 saturated heterocycles. The van der Waals surface area contributed by atoms with E-state index in [4.69, 9.17) is 24.1 Å². The number of nitrogens with two attached hydrogens (primary N) is 1. The third-order valence-electron chi connectivity index (χ3n) is 6.38. The number of benzene rings is 2. The topological polar surface area (TPSA) is 138 Å². The van der Waals surface area contributed by atoms with E-state index in [9.17, 15) is 31.2 Å². The first-order chi connectivity index (χ1) is 18.7. The van der Waals surface area contributed by atoms with Crippen LogP contribution in [0.5, 0.6) is 11.5 Å². The number of anilines is 1. The molecule has 2 N–H and O–H groups in total. The Morgan fingerprint density at radius 3 is 2.23 bits per heavy atom. The second kappa shape index (κ2) is 11.8. The molecule has 15 heteroatoms. The lowest BCUT2D eigenvalue weighted by atomic mass is 9.90. The van der Waals surface area contributed by atoms with Crippen LogP contribution in [0.1, 0.15) is 43.0 Å². The van der Waals surface area contributed by atoms with E-state index in [0.717, 1.165) is 24.1 Å². The van der Waals surface area contributed by atoms with Crippen molar-refractivity contribution >= 4 is 27.9 Å². The third-order valence-corrected chi connectivity index (χ3v) is 7.27. The molecule has 2 amide bonds. The number of methoxy groups -OCH3 is 3. The maximum Gasteiger partial charge on any atom is 0.416 e. The van der Waals surface area contributed by atoms with E-state index in [0.29, 0.717) is 17.3 Å². The minimum Gasteiger partial charge on any atom is -0.493 e. The summed E-state index contributed by atoms with van der Waals surface area (Å²) in [7, 11) is -0.618. The highest BCUT2D eigenvalue weighted by atomic mass is 32.2. The van der Waals surface area contributed by atoms with E-state index in [1.54, 1.807) is 19.9 Å². The first-order valence-electron chi connectivity index (χ1n) is 12.0. The number of fused-ring (bicyclic) bond motifs is 1. The average molecular weight is 590 g/mol. The fraction of sp³-hybridized carbons (Fsp3) is 0.440. The normalized spacial score (nSPS) is 17.1. The lowest BCUT2D eigenvalue weighted by molar-refractivity contribution is -0.137. The first kappa shape index (κ1) is 30.8. The average Bonchev–Trinajstić information content (AvgIpc) is 2.89. The van der Waals surface area contributed by atoms with Crippen LogP contribution in [0.3, 0.4) is 0 Å². The van der Waals surface area contributed by atoms with Gasteiger partial charge in [0.1, 0.15) is 0 Å². The predicted octanol–water partition coefficient (Wildman–Crippen LogP) is 4.43. The van der Waals surface area contributed by atoms with Gasteiger partial charge in [-0.3, -0.25) is 9.80 Å². The van der Waals surface area contributed by atoms with Crippen LogP contribution in [0.2, 0.25) is 0 Å². The number of carbonyl (C=O) groups excluding carboxylic acids is 2. The van der Waals surface area contributed by atoms with Gasteiger partial charge in [-0.1, -0.05) is 0 Å². The highest BCUT2D eigenvalue weighted by Gasteiger charge is 2.41. The van der Waals surface area contributed by atoms with Gasteiger partial charge in [-0.05, 0) is 50.1 Å². The highest BCUT2D eigenvalue weighted by Crippen LogP contribution is 2.46. The van der Waals surface area contributed by atoms with E-state index in [-0.39, 0.29) is 30.1 Å². The number of ether oxygens (including phenoxy) is 4. The van der Waals surface area contributed by atoms with E-state index in [1.165, 1.54) is 25.2 Å². The summed E-state index contributed by atoms with van der Waals surface area (Å²) in [5.41, 5.74) is -0.696. The summed E-state index contributed by atoms with van der Waals surface area (Å²) in [6, 6.07) is 3.80. The first-order valence-corrected chi connectivity index (χ1v) is 13.5. The molecular formula is C25H30F3N3O8S. The van der Waals surface area contributed by atoms with Gasteiger partial charge < -0.3 is 18.9 Å². The molecule has 2 atom stereocenters. The monoisotopic (exact) mass is 589 g/mol. The van der Waals surface area contributed by atoms with Crippen LogP contribution in [-0.2, 0) is 32.2 Å². The SMILES string of the molecule is CCOC(=O)N1c2cc(OC)c(OC)cc2C(N(Cc2cc(C(F)(F)F)cc(S(N)(=O)=O)c2)C(=O)OC)CC1C. The van der Waals surface area contributed by atoms with Gasteiger partial charge >= 0.3 is 18.4 Å². The molecule has 1 aliphatic rings. The van der Waals surface area contributed by atoms with Gasteiger partial charge in [-0.2, -0.15) is 13.2 Å². The molecule has 0 radical (unpaired) electrons. The van der Waals surface area contributed by atoms with Crippen LogP contribution in [0.15, 0.2) is 35.2 Å². The standard InChI is InChI=1S/C25H30F3N3O8S/c1-6-39-24(33)31-14(2)7-19(18-11-21(36-3)22(37-4)12-20(18)31)30(23(32)38-5)13-15-8-16(25(26,27)28)10-17(9-15)40(29,34)35/h8-12,14,19H,6-7,13H2,1-5H3,(H2,29,34,35). The van der Waals surface area contributed by atoms with Crippen molar-refractivity contribution in [3.63, 3.8) is 0 Å². The van der Waals surface area contributed by atoms with Crippen LogP contribution in [0, 0.1) is 0 Å². The van der Waals surface area contributed by atoms with Gasteiger partial charge in [0.2, 0.25) is 10.0 Å². The summed E-state index contributed by atoms with van der Waals surface area (Å²) in [5.74, 6) is 0.550. The number of amides is 2. The molecule has 0 bridgehead atoms. The summed E-state index contributed by atoms with van der Waals surface area (Å²) < 4.78 is 85.8. The van der Waals surface area contributed by atoms with E-state index >= 15 is 0 Å². The van der Waals surface area contributed by atoms with Gasteiger partial charge in [0.15, 0.2) is 11.5 Å². The van der Waals surface area contributed by atoms with Gasteiger partial charge in [0.05, 0.1) is 50.1 Å². The zero-order valence-electron chi connectivity index (χ0n) is 22.4. The Hall–Kier alpha value is -3.72. The molecule has 40 heavy (non-hydrogen) atoms. The minimum absolute atomic E-state index is 0.102. The molecule has 220 valence electrons. The molecule has 2 aromatic rings. The van der Waals surface area contributed by atoms with Gasteiger partial charge in [-0.15, -0.1) is 0 Å². The maximum absolute atomic E-state index is 13.6. The molecule has 0 fully saturated rings. The number of carbonyl (C=O) groups is 2. The van der Waals surface area contributed by atoms with Crippen molar-refractivity contribution in [1.29, 1.82) is 0 Å². The smallest absolute Gasteiger partial charge is 0.416 e. The number of halogens is 3. The van der Waals surface area contributed by atoms with Crippen LogP contribution in [0.25, 0.3) is 0 Å². The molecule has 0 aromatic heterocycles.